The second-order valence-corrected chi connectivity index (χ2v) is 13.4. The van der Waals surface area contributed by atoms with E-state index in [1.165, 1.54) is 0 Å². The molecule has 2 aliphatic carbocycles. The molecule has 0 radical (unpaired) electrons. The van der Waals surface area contributed by atoms with E-state index >= 15 is 0 Å². The first-order valence-electron chi connectivity index (χ1n) is 16.7. The van der Waals surface area contributed by atoms with Crippen molar-refractivity contribution in [1.29, 1.82) is 0 Å². The van der Waals surface area contributed by atoms with Crippen LogP contribution in [0.1, 0.15) is 65.2 Å². The molecule has 2 heterocycles. The summed E-state index contributed by atoms with van der Waals surface area (Å²) in [6, 6.07) is 34.4. The molecular formula is C44H30N2O4. The van der Waals surface area contributed by atoms with Crippen LogP contribution >= 0.6 is 0 Å². The van der Waals surface area contributed by atoms with E-state index in [4.69, 9.17) is 0 Å². The summed E-state index contributed by atoms with van der Waals surface area (Å²) in [5.74, 6) is 0.0689. The molecule has 0 spiro atoms. The fraction of sp³-hybridized carbons (Fsp3) is 0.0909. The minimum Gasteiger partial charge on any atom is -0.354 e. The molecule has 0 fully saturated rings. The van der Waals surface area contributed by atoms with Crippen LogP contribution in [0.15, 0.2) is 119 Å². The van der Waals surface area contributed by atoms with Crippen LogP contribution < -0.4 is 10.9 Å². The highest BCUT2D eigenvalue weighted by molar-refractivity contribution is 6.15. The number of hydrogen-bond acceptors (Lipinski definition) is 4. The van der Waals surface area contributed by atoms with E-state index in [9.17, 15) is 19.2 Å². The van der Waals surface area contributed by atoms with Gasteiger partial charge >= 0.3 is 0 Å². The largest absolute Gasteiger partial charge is 0.354 e. The van der Waals surface area contributed by atoms with Crippen molar-refractivity contribution in [1.82, 2.24) is 9.97 Å². The van der Waals surface area contributed by atoms with Gasteiger partial charge in [0.15, 0.2) is 22.4 Å². The molecule has 0 saturated carbocycles. The predicted molar refractivity (Wildman–Crippen MR) is 199 cm³/mol. The van der Waals surface area contributed by atoms with Crippen molar-refractivity contribution < 1.29 is 9.59 Å². The Bertz CT molecular complexity index is 2930. The second kappa shape index (κ2) is 11.1. The van der Waals surface area contributed by atoms with Crippen molar-refractivity contribution in [2.75, 3.05) is 0 Å². The molecule has 0 saturated heterocycles. The van der Waals surface area contributed by atoms with Crippen LogP contribution in [0.25, 0.3) is 43.6 Å². The number of H-pyrrole nitrogens is 2. The molecular weight excluding hydrogens is 620 g/mol. The lowest BCUT2D eigenvalue weighted by Crippen LogP contribution is -2.16. The number of aromatic amines is 2. The Morgan fingerprint density at radius 2 is 0.900 bits per heavy atom. The number of nitrogens with one attached hydrogen (secondary N) is 2. The average molecular weight is 651 g/mol. The molecule has 0 atom stereocenters. The molecule has 0 unspecified atom stereocenters. The van der Waals surface area contributed by atoms with Crippen LogP contribution in [0.2, 0.25) is 0 Å². The molecule has 10 rings (SSSR count). The summed E-state index contributed by atoms with van der Waals surface area (Å²) in [7, 11) is 0. The van der Waals surface area contributed by atoms with Gasteiger partial charge in [0.05, 0.1) is 11.0 Å². The normalized spacial score (nSPS) is 13.1. The van der Waals surface area contributed by atoms with Gasteiger partial charge in [-0.3, -0.25) is 19.2 Å². The number of pyridine rings is 2. The lowest BCUT2D eigenvalue weighted by atomic mass is 9.83. The number of hydrogen-bond donors (Lipinski definition) is 2. The summed E-state index contributed by atoms with van der Waals surface area (Å²) in [6.07, 6.45) is 1.36. The van der Waals surface area contributed by atoms with Crippen molar-refractivity contribution in [2.45, 2.75) is 26.7 Å². The third-order valence-electron chi connectivity index (χ3n) is 10.1. The van der Waals surface area contributed by atoms with E-state index in [-0.39, 0.29) is 22.4 Å². The lowest BCUT2D eigenvalue weighted by molar-refractivity contribution is 0.102. The van der Waals surface area contributed by atoms with Gasteiger partial charge < -0.3 is 9.97 Å². The highest BCUT2D eigenvalue weighted by atomic mass is 16.1. The van der Waals surface area contributed by atoms with Crippen molar-refractivity contribution in [3.63, 3.8) is 0 Å². The molecule has 6 heteroatoms. The number of ketones is 2. The van der Waals surface area contributed by atoms with Gasteiger partial charge in [-0.2, -0.15) is 0 Å². The Morgan fingerprint density at radius 3 is 1.62 bits per heavy atom. The van der Waals surface area contributed by atoms with Crippen LogP contribution in [-0.4, -0.2) is 21.5 Å². The zero-order valence-electron chi connectivity index (χ0n) is 27.4. The second-order valence-electron chi connectivity index (χ2n) is 13.4. The maximum Gasteiger partial charge on any atom is 0.197 e. The van der Waals surface area contributed by atoms with E-state index in [1.807, 2.05) is 123 Å². The summed E-state index contributed by atoms with van der Waals surface area (Å²) in [5, 5.41) is 2.65. The van der Waals surface area contributed by atoms with Crippen LogP contribution in [0.4, 0.5) is 0 Å². The molecule has 0 bridgehead atoms. The number of aromatic nitrogens is 2. The van der Waals surface area contributed by atoms with Crippen LogP contribution in [-0.2, 0) is 12.8 Å². The molecule has 2 N–H and O–H groups in total. The van der Waals surface area contributed by atoms with E-state index < -0.39 is 0 Å². The summed E-state index contributed by atoms with van der Waals surface area (Å²) in [5.41, 5.74) is 12.0. The highest BCUT2D eigenvalue weighted by Crippen LogP contribution is 2.32. The number of rotatable bonds is 0. The lowest BCUT2D eigenvalue weighted by Gasteiger charge is -2.19. The standard InChI is InChI=1S/C23H17NO2.C21H13NO2/c1-12-3-5-14-9-15-10-19-21(11-17(15)22(25)16(14)7-12)24-20-6-4-13(2)8-18(20)23(19)26;23-20-14-6-2-1-5-12(14)9-13-10-17-19(11-16(13)20)22-18-8-4-3-7-15(18)21(17)24/h3-8,10-11H,9H2,1-2H3,(H,24,26);1-8,10-11H,9H2,(H,22,24). The predicted octanol–water partition coefficient (Wildman–Crippen LogP) is 8.25. The number of carbonyl (C=O) groups is 2. The Balaban J connectivity index is 0.000000135. The van der Waals surface area contributed by atoms with Gasteiger partial charge in [0.2, 0.25) is 0 Å². The minimum absolute atomic E-state index is 0.00783. The Kier molecular flexibility index (Phi) is 6.58. The van der Waals surface area contributed by atoms with E-state index in [1.54, 1.807) is 0 Å². The van der Waals surface area contributed by atoms with Gasteiger partial charge in [0.25, 0.3) is 0 Å². The van der Waals surface area contributed by atoms with E-state index in [2.05, 4.69) is 9.97 Å². The molecule has 2 aromatic heterocycles. The number of benzene rings is 6. The minimum atomic E-state index is 0.00783. The third-order valence-corrected chi connectivity index (χ3v) is 10.1. The number of fused-ring (bicyclic) bond motifs is 8. The third kappa shape index (κ3) is 4.64. The fourth-order valence-electron chi connectivity index (χ4n) is 7.56. The van der Waals surface area contributed by atoms with Gasteiger partial charge in [-0.05, 0) is 104 Å². The van der Waals surface area contributed by atoms with Crippen molar-refractivity contribution >= 4 is 55.2 Å². The topological polar surface area (TPSA) is 99.9 Å². The zero-order chi connectivity index (χ0) is 34.3. The number of aryl methyl sites for hydroxylation is 2. The monoisotopic (exact) mass is 650 g/mol. The smallest absolute Gasteiger partial charge is 0.197 e. The summed E-state index contributed by atoms with van der Waals surface area (Å²) < 4.78 is 0. The Labute approximate surface area is 286 Å². The summed E-state index contributed by atoms with van der Waals surface area (Å²) in [6.45, 7) is 3.97. The molecule has 8 aromatic rings. The highest BCUT2D eigenvalue weighted by Gasteiger charge is 2.26. The first-order chi connectivity index (χ1) is 24.2. The molecule has 2 aliphatic rings. The molecule has 240 valence electrons. The first-order valence-corrected chi connectivity index (χ1v) is 16.7. The summed E-state index contributed by atoms with van der Waals surface area (Å²) in [4.78, 5) is 58.2. The molecule has 0 amide bonds. The quantitative estimate of drug-likeness (QED) is 0.162. The number of para-hydroxylation sites is 1. The van der Waals surface area contributed by atoms with E-state index in [0.29, 0.717) is 51.0 Å². The SMILES string of the molecule is Cc1ccc2c(c1)C(=O)c1cc3[nH]c4ccc(C)cc4c(=O)c3cc1C2.O=C1c2ccccc2Cc2cc3c(=O)c4ccccc4[nH]c3cc21. The molecule has 6 aromatic carbocycles. The van der Waals surface area contributed by atoms with E-state index in [0.717, 1.165) is 61.1 Å². The van der Waals surface area contributed by atoms with Gasteiger partial charge in [-0.15, -0.1) is 0 Å². The maximum absolute atomic E-state index is 13.0. The molecule has 0 aliphatic heterocycles. The van der Waals surface area contributed by atoms with Crippen molar-refractivity contribution in [3.05, 3.63) is 185 Å². The van der Waals surface area contributed by atoms with Crippen LogP contribution in [0, 0.1) is 13.8 Å². The first kappa shape index (κ1) is 29.7. The summed E-state index contributed by atoms with van der Waals surface area (Å²) >= 11 is 0. The van der Waals surface area contributed by atoms with Crippen LogP contribution in [0.3, 0.4) is 0 Å². The number of carbonyl (C=O) groups excluding carboxylic acids is 2. The van der Waals surface area contributed by atoms with Crippen LogP contribution in [0.5, 0.6) is 0 Å². The maximum atomic E-state index is 13.0. The molecule has 6 nitrogen and oxygen atoms in total. The zero-order valence-corrected chi connectivity index (χ0v) is 27.4. The van der Waals surface area contributed by atoms with Gasteiger partial charge in [-0.25, -0.2) is 0 Å². The fourth-order valence-corrected chi connectivity index (χ4v) is 7.56. The van der Waals surface area contributed by atoms with Crippen molar-refractivity contribution in [3.8, 4) is 0 Å². The van der Waals surface area contributed by atoms with Gasteiger partial charge in [0, 0.05) is 54.8 Å². The average Bonchev–Trinajstić information content (AvgIpc) is 3.12. The Hall–Kier alpha value is -6.40. The Morgan fingerprint density at radius 1 is 0.400 bits per heavy atom. The van der Waals surface area contributed by atoms with Gasteiger partial charge in [-0.1, -0.05) is 65.7 Å². The van der Waals surface area contributed by atoms with Gasteiger partial charge in [0.1, 0.15) is 0 Å². The van der Waals surface area contributed by atoms with Crippen molar-refractivity contribution in [2.24, 2.45) is 0 Å². The molecule has 50 heavy (non-hydrogen) atoms.